The highest BCUT2D eigenvalue weighted by atomic mass is 16.4. The summed E-state index contributed by atoms with van der Waals surface area (Å²) in [5.41, 5.74) is 1.76. The standard InChI is InChI=1S/C16H15NO4/c1-11-3-2-4-12(9-11)16(21)17(10-15(19)20)13-5-7-14(18)8-6-13/h2-9,18H,10H2,1H3,(H,19,20). The number of anilines is 1. The van der Waals surface area contributed by atoms with Crippen molar-refractivity contribution < 1.29 is 19.8 Å². The lowest BCUT2D eigenvalue weighted by atomic mass is 10.1. The number of carbonyl (C=O) groups excluding carboxylic acids is 1. The zero-order valence-corrected chi connectivity index (χ0v) is 11.5. The summed E-state index contributed by atoms with van der Waals surface area (Å²) in [6.07, 6.45) is 0. The van der Waals surface area contributed by atoms with Crippen molar-refractivity contribution >= 4 is 17.6 Å². The van der Waals surface area contributed by atoms with Crippen molar-refractivity contribution in [2.45, 2.75) is 6.92 Å². The van der Waals surface area contributed by atoms with E-state index in [1.54, 1.807) is 18.2 Å². The Bertz CT molecular complexity index is 664. The van der Waals surface area contributed by atoms with Crippen LogP contribution in [0, 0.1) is 6.92 Å². The van der Waals surface area contributed by atoms with Crippen molar-refractivity contribution in [3.8, 4) is 5.75 Å². The Balaban J connectivity index is 2.38. The molecule has 0 radical (unpaired) electrons. The van der Waals surface area contributed by atoms with Gasteiger partial charge in [0.15, 0.2) is 0 Å². The summed E-state index contributed by atoms with van der Waals surface area (Å²) in [7, 11) is 0. The second-order valence-corrected chi connectivity index (χ2v) is 4.67. The first-order chi connectivity index (χ1) is 9.97. The Morgan fingerprint density at radius 2 is 1.76 bits per heavy atom. The molecule has 108 valence electrons. The second-order valence-electron chi connectivity index (χ2n) is 4.67. The van der Waals surface area contributed by atoms with E-state index in [1.807, 2.05) is 13.0 Å². The number of rotatable bonds is 4. The number of phenolic OH excluding ortho intramolecular Hbond substituents is 1. The first kappa shape index (κ1) is 14.6. The van der Waals surface area contributed by atoms with Crippen LogP contribution < -0.4 is 4.90 Å². The maximum Gasteiger partial charge on any atom is 0.323 e. The summed E-state index contributed by atoms with van der Waals surface area (Å²) < 4.78 is 0. The number of phenols is 1. The first-order valence-electron chi connectivity index (χ1n) is 6.37. The monoisotopic (exact) mass is 285 g/mol. The molecule has 0 aliphatic heterocycles. The number of carbonyl (C=O) groups is 2. The molecule has 0 atom stereocenters. The van der Waals surface area contributed by atoms with Gasteiger partial charge < -0.3 is 10.2 Å². The van der Waals surface area contributed by atoms with E-state index >= 15 is 0 Å². The minimum Gasteiger partial charge on any atom is -0.508 e. The van der Waals surface area contributed by atoms with Gasteiger partial charge in [-0.2, -0.15) is 0 Å². The summed E-state index contributed by atoms with van der Waals surface area (Å²) in [4.78, 5) is 24.7. The average Bonchev–Trinajstić information content (AvgIpc) is 2.45. The van der Waals surface area contributed by atoms with Crippen molar-refractivity contribution in [1.29, 1.82) is 0 Å². The van der Waals surface area contributed by atoms with Crippen LogP contribution in [-0.4, -0.2) is 28.6 Å². The summed E-state index contributed by atoms with van der Waals surface area (Å²) >= 11 is 0. The summed E-state index contributed by atoms with van der Waals surface area (Å²) in [5, 5.41) is 18.3. The van der Waals surface area contributed by atoms with Gasteiger partial charge in [-0.3, -0.25) is 14.5 Å². The summed E-state index contributed by atoms with van der Waals surface area (Å²) in [5.74, 6) is -1.45. The van der Waals surface area contributed by atoms with E-state index in [-0.39, 0.29) is 5.75 Å². The number of aryl methyl sites for hydroxylation is 1. The van der Waals surface area contributed by atoms with Gasteiger partial charge in [0.25, 0.3) is 5.91 Å². The Morgan fingerprint density at radius 3 is 2.33 bits per heavy atom. The van der Waals surface area contributed by atoms with E-state index in [0.717, 1.165) is 10.5 Å². The molecule has 0 fully saturated rings. The van der Waals surface area contributed by atoms with Crippen LogP contribution >= 0.6 is 0 Å². The van der Waals surface area contributed by atoms with E-state index in [1.165, 1.54) is 24.3 Å². The molecule has 21 heavy (non-hydrogen) atoms. The van der Waals surface area contributed by atoms with Crippen LogP contribution in [0.15, 0.2) is 48.5 Å². The predicted molar refractivity (Wildman–Crippen MR) is 78.6 cm³/mol. The molecule has 5 heteroatoms. The first-order valence-corrected chi connectivity index (χ1v) is 6.37. The Hall–Kier alpha value is -2.82. The lowest BCUT2D eigenvalue weighted by molar-refractivity contribution is -0.135. The number of hydrogen-bond donors (Lipinski definition) is 2. The number of aromatic hydroxyl groups is 1. The minimum atomic E-state index is -1.11. The smallest absolute Gasteiger partial charge is 0.323 e. The van der Waals surface area contributed by atoms with Crippen molar-refractivity contribution in [3.05, 3.63) is 59.7 Å². The van der Waals surface area contributed by atoms with Gasteiger partial charge in [0.1, 0.15) is 12.3 Å². The van der Waals surface area contributed by atoms with Gasteiger partial charge in [-0.15, -0.1) is 0 Å². The van der Waals surface area contributed by atoms with Gasteiger partial charge in [0.2, 0.25) is 0 Å². The number of carboxylic acid groups (broad SMARTS) is 1. The number of aliphatic carboxylic acids is 1. The highest BCUT2D eigenvalue weighted by Crippen LogP contribution is 2.20. The van der Waals surface area contributed by atoms with Crippen LogP contribution in [0.25, 0.3) is 0 Å². The topological polar surface area (TPSA) is 77.8 Å². The van der Waals surface area contributed by atoms with Crippen LogP contribution in [0.4, 0.5) is 5.69 Å². The Morgan fingerprint density at radius 1 is 1.10 bits per heavy atom. The predicted octanol–water partition coefficient (Wildman–Crippen LogP) is 2.43. The number of nitrogens with zero attached hydrogens (tertiary/aromatic N) is 1. The van der Waals surface area contributed by atoms with Gasteiger partial charge in [0.05, 0.1) is 0 Å². The number of carboxylic acids is 1. The molecule has 0 heterocycles. The average molecular weight is 285 g/mol. The molecule has 0 aliphatic rings. The third-order valence-electron chi connectivity index (χ3n) is 2.96. The van der Waals surface area contributed by atoms with Crippen LogP contribution in [-0.2, 0) is 4.79 Å². The molecule has 0 unspecified atom stereocenters. The van der Waals surface area contributed by atoms with Crippen molar-refractivity contribution in [1.82, 2.24) is 0 Å². The Kier molecular flexibility index (Phi) is 4.23. The molecule has 2 rings (SSSR count). The minimum absolute atomic E-state index is 0.0528. The second kappa shape index (κ2) is 6.09. The molecular weight excluding hydrogens is 270 g/mol. The fourth-order valence-corrected chi connectivity index (χ4v) is 1.98. The molecule has 5 nitrogen and oxygen atoms in total. The fourth-order valence-electron chi connectivity index (χ4n) is 1.98. The fraction of sp³-hybridized carbons (Fsp3) is 0.125. The van der Waals surface area contributed by atoms with Gasteiger partial charge >= 0.3 is 5.97 Å². The van der Waals surface area contributed by atoms with Crippen molar-refractivity contribution in [2.75, 3.05) is 11.4 Å². The van der Waals surface area contributed by atoms with E-state index in [0.29, 0.717) is 11.3 Å². The molecule has 0 aromatic heterocycles. The quantitative estimate of drug-likeness (QED) is 0.904. The maximum atomic E-state index is 12.5. The molecule has 0 saturated carbocycles. The highest BCUT2D eigenvalue weighted by Gasteiger charge is 2.20. The summed E-state index contributed by atoms with van der Waals surface area (Å²) in [6.45, 7) is 1.41. The number of benzene rings is 2. The zero-order chi connectivity index (χ0) is 15.4. The van der Waals surface area contributed by atoms with E-state index < -0.39 is 18.4 Å². The molecule has 0 saturated heterocycles. The third-order valence-corrected chi connectivity index (χ3v) is 2.96. The van der Waals surface area contributed by atoms with E-state index in [9.17, 15) is 14.7 Å². The van der Waals surface area contributed by atoms with Crippen LogP contribution in [0.2, 0.25) is 0 Å². The highest BCUT2D eigenvalue weighted by molar-refractivity contribution is 6.08. The molecule has 0 spiro atoms. The molecule has 0 aliphatic carbocycles. The van der Waals surface area contributed by atoms with Crippen LogP contribution in [0.5, 0.6) is 5.75 Å². The number of hydrogen-bond acceptors (Lipinski definition) is 3. The van der Waals surface area contributed by atoms with Gasteiger partial charge in [-0.25, -0.2) is 0 Å². The van der Waals surface area contributed by atoms with Crippen LogP contribution in [0.3, 0.4) is 0 Å². The molecular formula is C16H15NO4. The van der Waals surface area contributed by atoms with Gasteiger partial charge in [-0.1, -0.05) is 17.7 Å². The lowest BCUT2D eigenvalue weighted by Gasteiger charge is -2.21. The molecule has 2 aromatic carbocycles. The summed E-state index contributed by atoms with van der Waals surface area (Å²) in [6, 6.07) is 12.8. The van der Waals surface area contributed by atoms with Crippen molar-refractivity contribution in [3.63, 3.8) is 0 Å². The van der Waals surface area contributed by atoms with Gasteiger partial charge in [0, 0.05) is 11.3 Å². The molecule has 0 bridgehead atoms. The van der Waals surface area contributed by atoms with E-state index in [4.69, 9.17) is 5.11 Å². The van der Waals surface area contributed by atoms with E-state index in [2.05, 4.69) is 0 Å². The molecule has 2 aromatic rings. The zero-order valence-electron chi connectivity index (χ0n) is 11.5. The maximum absolute atomic E-state index is 12.5. The normalized spacial score (nSPS) is 10.1. The molecule has 1 amide bonds. The third kappa shape index (κ3) is 3.60. The largest absolute Gasteiger partial charge is 0.508 e. The lowest BCUT2D eigenvalue weighted by Crippen LogP contribution is -2.35. The van der Waals surface area contributed by atoms with Crippen LogP contribution in [0.1, 0.15) is 15.9 Å². The Labute approximate surface area is 122 Å². The van der Waals surface area contributed by atoms with Gasteiger partial charge in [-0.05, 0) is 43.3 Å². The number of amides is 1. The SMILES string of the molecule is Cc1cccc(C(=O)N(CC(=O)O)c2ccc(O)cc2)c1. The molecule has 2 N–H and O–H groups in total. The van der Waals surface area contributed by atoms with Crippen molar-refractivity contribution in [2.24, 2.45) is 0 Å².